The third-order valence-corrected chi connectivity index (χ3v) is 4.15. The molecule has 2 aromatic carbocycles. The Bertz CT molecular complexity index is 940. The van der Waals surface area contributed by atoms with Crippen molar-refractivity contribution in [3.05, 3.63) is 63.7 Å². The number of benzene rings is 2. The minimum absolute atomic E-state index is 0.0410. The highest BCUT2D eigenvalue weighted by Crippen LogP contribution is 2.36. The molecule has 0 radical (unpaired) electrons. The number of fused-ring (bicyclic) bond motifs is 5. The van der Waals surface area contributed by atoms with Gasteiger partial charge >= 0.3 is 0 Å². The summed E-state index contributed by atoms with van der Waals surface area (Å²) in [7, 11) is 0. The Morgan fingerprint density at radius 3 is 2.73 bits per heavy atom. The predicted octanol–water partition coefficient (Wildman–Crippen LogP) is 3.41. The van der Waals surface area contributed by atoms with Crippen molar-refractivity contribution >= 4 is 22.4 Å². The molecule has 0 aliphatic heterocycles. The van der Waals surface area contributed by atoms with E-state index in [1.807, 2.05) is 24.3 Å². The van der Waals surface area contributed by atoms with Crippen molar-refractivity contribution < 1.29 is 9.72 Å². The number of Topliss-reactive ketones (excluding diaryl/α,β-unsaturated/α-hetero) is 1. The number of nitro groups is 1. The van der Waals surface area contributed by atoms with Gasteiger partial charge in [-0.05, 0) is 17.2 Å². The average Bonchev–Trinajstić information content (AvgIpc) is 2.78. The molecule has 0 fully saturated rings. The zero-order valence-corrected chi connectivity index (χ0v) is 11.6. The highest BCUT2D eigenvalue weighted by Gasteiger charge is 2.23. The van der Waals surface area contributed by atoms with Crippen LogP contribution in [0, 0.1) is 10.1 Å². The largest absolute Gasteiger partial charge is 0.354 e. The molecular formula is C17H12N2O3. The number of nitrogens with zero attached hydrogens (tertiary/aromatic N) is 1. The van der Waals surface area contributed by atoms with E-state index in [-0.39, 0.29) is 11.5 Å². The number of nitrogens with one attached hydrogen (secondary N) is 1. The van der Waals surface area contributed by atoms with Gasteiger partial charge in [-0.2, -0.15) is 0 Å². The Morgan fingerprint density at radius 2 is 1.91 bits per heavy atom. The molecule has 3 aromatic rings. The number of carbonyl (C=O) groups is 1. The maximum absolute atomic E-state index is 12.2. The lowest BCUT2D eigenvalue weighted by Gasteiger charge is -2.04. The van der Waals surface area contributed by atoms with E-state index in [1.54, 1.807) is 12.1 Å². The number of hydrogen-bond donors (Lipinski definition) is 1. The molecule has 1 aliphatic carbocycles. The molecule has 22 heavy (non-hydrogen) atoms. The maximum atomic E-state index is 12.2. The summed E-state index contributed by atoms with van der Waals surface area (Å²) >= 11 is 0. The lowest BCUT2D eigenvalue weighted by Crippen LogP contribution is -2.04. The van der Waals surface area contributed by atoms with Gasteiger partial charge in [-0.25, -0.2) is 0 Å². The first-order valence-corrected chi connectivity index (χ1v) is 7.02. The van der Waals surface area contributed by atoms with Crippen molar-refractivity contribution in [2.45, 2.75) is 12.8 Å². The molecular weight excluding hydrogens is 280 g/mol. The van der Waals surface area contributed by atoms with E-state index in [1.165, 1.54) is 6.07 Å². The summed E-state index contributed by atoms with van der Waals surface area (Å²) in [6.07, 6.45) is 0.695. The van der Waals surface area contributed by atoms with Gasteiger partial charge in [0.25, 0.3) is 5.69 Å². The topological polar surface area (TPSA) is 76.0 Å². The van der Waals surface area contributed by atoms with Crippen molar-refractivity contribution in [2.24, 2.45) is 0 Å². The second-order valence-corrected chi connectivity index (χ2v) is 5.51. The van der Waals surface area contributed by atoms with Crippen LogP contribution in [0.3, 0.4) is 0 Å². The summed E-state index contributed by atoms with van der Waals surface area (Å²) in [5.41, 5.74) is 4.61. The first kappa shape index (κ1) is 12.8. The molecule has 0 spiro atoms. The Hall–Kier alpha value is -2.95. The maximum Gasteiger partial charge on any atom is 0.270 e. The van der Waals surface area contributed by atoms with E-state index in [0.717, 1.165) is 33.3 Å². The molecule has 0 amide bonds. The Balaban J connectivity index is 2.05. The van der Waals surface area contributed by atoms with Crippen LogP contribution >= 0.6 is 0 Å². The number of carbonyl (C=O) groups excluding carboxylic acids is 1. The third kappa shape index (κ3) is 1.83. The predicted molar refractivity (Wildman–Crippen MR) is 82.8 cm³/mol. The first-order valence-electron chi connectivity index (χ1n) is 7.02. The van der Waals surface area contributed by atoms with Crippen molar-refractivity contribution in [3.63, 3.8) is 0 Å². The number of aromatic amines is 1. The molecule has 108 valence electrons. The van der Waals surface area contributed by atoms with Gasteiger partial charge in [0.2, 0.25) is 0 Å². The van der Waals surface area contributed by atoms with Crippen LogP contribution in [0.1, 0.15) is 11.1 Å². The molecule has 1 aliphatic rings. The van der Waals surface area contributed by atoms with E-state index in [2.05, 4.69) is 4.98 Å². The van der Waals surface area contributed by atoms with Gasteiger partial charge in [-0.1, -0.05) is 24.3 Å². The van der Waals surface area contributed by atoms with Gasteiger partial charge in [0.15, 0.2) is 0 Å². The van der Waals surface area contributed by atoms with Gasteiger partial charge < -0.3 is 4.98 Å². The Labute approximate surface area is 125 Å². The first-order chi connectivity index (χ1) is 10.6. The second kappa shape index (κ2) is 4.53. The molecule has 5 heteroatoms. The third-order valence-electron chi connectivity index (χ3n) is 4.15. The summed E-state index contributed by atoms with van der Waals surface area (Å²) in [6, 6.07) is 12.5. The minimum Gasteiger partial charge on any atom is -0.354 e. The number of non-ortho nitro benzene ring substituents is 1. The number of ketones is 1. The van der Waals surface area contributed by atoms with Crippen LogP contribution in [0.25, 0.3) is 22.2 Å². The van der Waals surface area contributed by atoms with Crippen LogP contribution in [0.5, 0.6) is 0 Å². The number of aromatic nitrogens is 1. The summed E-state index contributed by atoms with van der Waals surface area (Å²) < 4.78 is 0. The molecule has 5 nitrogen and oxygen atoms in total. The van der Waals surface area contributed by atoms with Crippen molar-refractivity contribution in [3.8, 4) is 11.3 Å². The average molecular weight is 292 g/mol. The Morgan fingerprint density at radius 1 is 1.09 bits per heavy atom. The SMILES string of the molecule is O=C1Cc2ccccc2-c2[nH]c3ccc([N+](=O)[O-])cc3c2C1. The molecule has 0 saturated heterocycles. The van der Waals surface area contributed by atoms with E-state index in [0.29, 0.717) is 12.8 Å². The number of H-pyrrole nitrogens is 1. The van der Waals surface area contributed by atoms with Gasteiger partial charge in [-0.15, -0.1) is 0 Å². The lowest BCUT2D eigenvalue weighted by molar-refractivity contribution is -0.384. The fourth-order valence-corrected chi connectivity index (χ4v) is 3.15. The summed E-state index contributed by atoms with van der Waals surface area (Å²) in [5, 5.41) is 11.8. The zero-order valence-electron chi connectivity index (χ0n) is 11.6. The fourth-order valence-electron chi connectivity index (χ4n) is 3.15. The fraction of sp³-hybridized carbons (Fsp3) is 0.118. The highest BCUT2D eigenvalue weighted by atomic mass is 16.6. The molecule has 0 atom stereocenters. The molecule has 0 bridgehead atoms. The quantitative estimate of drug-likeness (QED) is 0.551. The van der Waals surface area contributed by atoms with Gasteiger partial charge in [0.05, 0.1) is 10.6 Å². The van der Waals surface area contributed by atoms with Gasteiger partial charge in [0, 0.05) is 41.4 Å². The molecule has 1 heterocycles. The van der Waals surface area contributed by atoms with E-state index in [9.17, 15) is 14.9 Å². The number of hydrogen-bond acceptors (Lipinski definition) is 3. The minimum atomic E-state index is -0.411. The normalized spacial score (nSPS) is 13.5. The van der Waals surface area contributed by atoms with E-state index in [4.69, 9.17) is 0 Å². The van der Waals surface area contributed by atoms with Crippen molar-refractivity contribution in [1.82, 2.24) is 4.98 Å². The molecule has 4 rings (SSSR count). The number of rotatable bonds is 1. The lowest BCUT2D eigenvalue weighted by atomic mass is 10.0. The summed E-state index contributed by atoms with van der Waals surface area (Å²) in [5.74, 6) is 0.124. The van der Waals surface area contributed by atoms with Crippen LogP contribution in [-0.4, -0.2) is 15.7 Å². The number of nitro benzene ring substituents is 1. The monoisotopic (exact) mass is 292 g/mol. The molecule has 1 aromatic heterocycles. The van der Waals surface area contributed by atoms with Crippen LogP contribution in [0.4, 0.5) is 5.69 Å². The standard InChI is InChI=1S/C17H12N2O3/c20-12-7-10-3-1-2-4-13(10)17-15(9-12)14-8-11(19(21)22)5-6-16(14)18-17/h1-6,8,18H,7,9H2. The molecule has 0 saturated carbocycles. The summed E-state index contributed by atoms with van der Waals surface area (Å²) in [4.78, 5) is 26.1. The second-order valence-electron chi connectivity index (χ2n) is 5.51. The van der Waals surface area contributed by atoms with Crippen LogP contribution in [0.2, 0.25) is 0 Å². The smallest absolute Gasteiger partial charge is 0.270 e. The zero-order chi connectivity index (χ0) is 15.3. The van der Waals surface area contributed by atoms with Crippen LogP contribution in [0.15, 0.2) is 42.5 Å². The molecule has 1 N–H and O–H groups in total. The van der Waals surface area contributed by atoms with Crippen molar-refractivity contribution in [2.75, 3.05) is 0 Å². The van der Waals surface area contributed by atoms with Crippen LogP contribution < -0.4 is 0 Å². The summed E-state index contributed by atoms with van der Waals surface area (Å²) in [6.45, 7) is 0. The van der Waals surface area contributed by atoms with Gasteiger partial charge in [-0.3, -0.25) is 14.9 Å². The molecule has 0 unspecified atom stereocenters. The van der Waals surface area contributed by atoms with Crippen LogP contribution in [-0.2, 0) is 17.6 Å². The highest BCUT2D eigenvalue weighted by molar-refractivity contribution is 5.99. The Kier molecular flexibility index (Phi) is 2.63. The van der Waals surface area contributed by atoms with Crippen molar-refractivity contribution in [1.29, 1.82) is 0 Å². The van der Waals surface area contributed by atoms with E-state index >= 15 is 0 Å². The van der Waals surface area contributed by atoms with Gasteiger partial charge in [0.1, 0.15) is 5.78 Å². The van der Waals surface area contributed by atoms with E-state index < -0.39 is 4.92 Å².